The highest BCUT2D eigenvalue weighted by molar-refractivity contribution is 7.14. The fraction of sp³-hybridized carbons (Fsp3) is 0.348. The Balaban J connectivity index is 1.82. The van der Waals surface area contributed by atoms with E-state index in [1.54, 1.807) is 32.9 Å². The summed E-state index contributed by atoms with van der Waals surface area (Å²) in [5.41, 5.74) is -1.43. The van der Waals surface area contributed by atoms with Crippen molar-refractivity contribution in [2.24, 2.45) is 0 Å². The first-order valence-electron chi connectivity index (χ1n) is 10.7. The average molecular weight is 486 g/mol. The Bertz CT molecular complexity index is 1330. The van der Waals surface area contributed by atoms with Crippen molar-refractivity contribution in [3.8, 4) is 16.3 Å². The quantitative estimate of drug-likeness (QED) is 0.572. The molecular weight excluding hydrogens is 461 g/mol. The van der Waals surface area contributed by atoms with Crippen LogP contribution < -0.4 is 10.7 Å². The predicted molar refractivity (Wildman–Crippen MR) is 124 cm³/mol. The molecule has 178 valence electrons. The van der Waals surface area contributed by atoms with Gasteiger partial charge in [-0.15, -0.1) is 10.2 Å². The Morgan fingerprint density at radius 2 is 1.94 bits per heavy atom. The number of rotatable bonds is 5. The van der Waals surface area contributed by atoms with Gasteiger partial charge in [0.15, 0.2) is 16.5 Å². The molecule has 2 N–H and O–H groups in total. The number of pyridine rings is 1. The number of aromatic nitrogens is 3. The number of benzene rings is 1. The maximum absolute atomic E-state index is 13.2. The average Bonchev–Trinajstić information content (AvgIpc) is 3.26. The lowest BCUT2D eigenvalue weighted by atomic mass is 9.93. The second-order valence-electron chi connectivity index (χ2n) is 8.62. The van der Waals surface area contributed by atoms with E-state index in [0.29, 0.717) is 11.4 Å². The number of fused-ring (bicyclic) bond motifs is 1. The van der Waals surface area contributed by atoms with Gasteiger partial charge in [0, 0.05) is 25.7 Å². The largest absolute Gasteiger partial charge is 0.503 e. The van der Waals surface area contributed by atoms with Gasteiger partial charge in [-0.1, -0.05) is 23.5 Å². The number of amides is 2. The molecule has 0 spiro atoms. The summed E-state index contributed by atoms with van der Waals surface area (Å²) in [6, 6.07) is 5.72. The molecule has 1 atom stereocenters. The highest BCUT2D eigenvalue weighted by Gasteiger charge is 2.46. The SMILES string of the molecule is CNC(=O)[C@@]1(C)CN(C(C)C)C(=O)c2c(O)c(=O)c(-c3nnc(Cc4ccc(F)cc4)s3)cn21. The molecule has 0 fully saturated rings. The molecular formula is C23H24FN5O4S. The first-order chi connectivity index (χ1) is 16.1. The molecule has 0 saturated heterocycles. The maximum atomic E-state index is 13.2. The van der Waals surface area contributed by atoms with Crippen molar-refractivity contribution in [3.05, 3.63) is 62.8 Å². The number of carbonyl (C=O) groups excluding carboxylic acids is 2. The van der Waals surface area contributed by atoms with Crippen molar-refractivity contribution in [3.63, 3.8) is 0 Å². The van der Waals surface area contributed by atoms with Gasteiger partial charge >= 0.3 is 0 Å². The van der Waals surface area contributed by atoms with E-state index < -0.39 is 22.6 Å². The van der Waals surface area contributed by atoms with Crippen molar-refractivity contribution >= 4 is 23.2 Å². The standard InChI is InChI=1S/C23H24FN5O4S/c1-12(2)28-11-23(3,22(33)25-4)29-10-15(18(30)19(31)17(29)21(28)32)20-27-26-16(34-20)9-13-5-7-14(24)8-6-13/h5-8,10,12,31H,9,11H2,1-4H3,(H,25,33)/t23-/m1/s1. The number of aromatic hydroxyl groups is 1. The molecule has 1 aliphatic heterocycles. The zero-order chi connectivity index (χ0) is 24.8. The van der Waals surface area contributed by atoms with E-state index in [2.05, 4.69) is 15.5 Å². The summed E-state index contributed by atoms with van der Waals surface area (Å²) in [5.74, 6) is -2.00. The Hall–Kier alpha value is -3.60. The van der Waals surface area contributed by atoms with Gasteiger partial charge in [-0.3, -0.25) is 14.4 Å². The van der Waals surface area contributed by atoms with Crippen LogP contribution in [0.3, 0.4) is 0 Å². The van der Waals surface area contributed by atoms with Crippen LogP contribution in [0.5, 0.6) is 5.75 Å². The molecule has 2 amide bonds. The molecule has 11 heteroatoms. The zero-order valence-corrected chi connectivity index (χ0v) is 19.9. The van der Waals surface area contributed by atoms with Gasteiger partial charge in [0.1, 0.15) is 16.4 Å². The molecule has 0 radical (unpaired) electrons. The van der Waals surface area contributed by atoms with Crippen LogP contribution in [0.25, 0.3) is 10.6 Å². The lowest BCUT2D eigenvalue weighted by Gasteiger charge is -2.43. The number of likely N-dealkylation sites (N-methyl/N-ethyl adjacent to an activating group) is 1. The Labute approximate surface area is 198 Å². The molecule has 4 rings (SSSR count). The summed E-state index contributed by atoms with van der Waals surface area (Å²) in [4.78, 5) is 40.6. The van der Waals surface area contributed by atoms with Crippen molar-refractivity contribution in [2.45, 2.75) is 38.8 Å². The Morgan fingerprint density at radius 3 is 2.56 bits per heavy atom. The summed E-state index contributed by atoms with van der Waals surface area (Å²) >= 11 is 1.14. The number of halogens is 1. The topological polar surface area (TPSA) is 117 Å². The lowest BCUT2D eigenvalue weighted by Crippen LogP contribution is -2.60. The van der Waals surface area contributed by atoms with Crippen LogP contribution in [-0.4, -0.2) is 56.2 Å². The Morgan fingerprint density at radius 1 is 1.26 bits per heavy atom. The van der Waals surface area contributed by atoms with E-state index >= 15 is 0 Å². The molecule has 3 aromatic rings. The van der Waals surface area contributed by atoms with E-state index in [4.69, 9.17) is 0 Å². The highest BCUT2D eigenvalue weighted by atomic mass is 32.1. The molecule has 34 heavy (non-hydrogen) atoms. The zero-order valence-electron chi connectivity index (χ0n) is 19.1. The first kappa shape index (κ1) is 23.6. The molecule has 2 aromatic heterocycles. The van der Waals surface area contributed by atoms with E-state index in [9.17, 15) is 23.9 Å². The molecule has 0 aliphatic carbocycles. The number of nitrogens with one attached hydrogen (secondary N) is 1. The van der Waals surface area contributed by atoms with Crippen molar-refractivity contribution in [2.75, 3.05) is 13.6 Å². The number of hydrogen-bond donors (Lipinski definition) is 2. The third kappa shape index (κ3) is 3.85. The van der Waals surface area contributed by atoms with Crippen LogP contribution in [0.2, 0.25) is 0 Å². The van der Waals surface area contributed by atoms with Crippen molar-refractivity contribution in [1.82, 2.24) is 25.0 Å². The first-order valence-corrected chi connectivity index (χ1v) is 11.5. The number of hydrogen-bond acceptors (Lipinski definition) is 7. The number of carbonyl (C=O) groups is 2. The van der Waals surface area contributed by atoms with Crippen LogP contribution in [0, 0.1) is 5.82 Å². The minimum absolute atomic E-state index is 0.0324. The third-order valence-electron chi connectivity index (χ3n) is 5.96. The summed E-state index contributed by atoms with van der Waals surface area (Å²) in [5, 5.41) is 22.5. The molecule has 9 nitrogen and oxygen atoms in total. The van der Waals surface area contributed by atoms with Gasteiger partial charge < -0.3 is 19.9 Å². The summed E-state index contributed by atoms with van der Waals surface area (Å²) < 4.78 is 14.5. The van der Waals surface area contributed by atoms with Crippen LogP contribution in [0.4, 0.5) is 4.39 Å². The molecule has 0 saturated carbocycles. The highest BCUT2D eigenvalue weighted by Crippen LogP contribution is 2.34. The van der Waals surface area contributed by atoms with Gasteiger partial charge in [0.2, 0.25) is 11.3 Å². The van der Waals surface area contributed by atoms with Gasteiger partial charge in [-0.05, 0) is 38.5 Å². The lowest BCUT2D eigenvalue weighted by molar-refractivity contribution is -0.130. The summed E-state index contributed by atoms with van der Waals surface area (Å²) in [6.45, 7) is 5.30. The molecule has 0 unspecified atom stereocenters. The van der Waals surface area contributed by atoms with Gasteiger partial charge in [-0.25, -0.2) is 4.39 Å². The van der Waals surface area contributed by atoms with Crippen molar-refractivity contribution in [1.29, 1.82) is 0 Å². The van der Waals surface area contributed by atoms with Crippen LogP contribution in [-0.2, 0) is 16.8 Å². The second kappa shape index (κ2) is 8.64. The molecule has 1 aliphatic rings. The fourth-order valence-corrected chi connectivity index (χ4v) is 4.92. The van der Waals surface area contributed by atoms with E-state index in [1.807, 2.05) is 0 Å². The molecule has 0 bridgehead atoms. The second-order valence-corrected chi connectivity index (χ2v) is 9.69. The monoisotopic (exact) mass is 485 g/mol. The minimum Gasteiger partial charge on any atom is -0.503 e. The van der Waals surface area contributed by atoms with Gasteiger partial charge in [0.25, 0.3) is 5.91 Å². The van der Waals surface area contributed by atoms with E-state index in [1.165, 1.54) is 34.8 Å². The Kier molecular flexibility index (Phi) is 5.98. The summed E-state index contributed by atoms with van der Waals surface area (Å²) in [6.07, 6.45) is 1.78. The van der Waals surface area contributed by atoms with E-state index in [-0.39, 0.29) is 40.6 Å². The summed E-state index contributed by atoms with van der Waals surface area (Å²) in [7, 11) is 1.49. The fourth-order valence-electron chi connectivity index (χ4n) is 4.04. The van der Waals surface area contributed by atoms with Gasteiger partial charge in [0.05, 0.1) is 12.1 Å². The van der Waals surface area contributed by atoms with Crippen LogP contribution in [0.15, 0.2) is 35.3 Å². The third-order valence-corrected chi connectivity index (χ3v) is 6.92. The normalized spacial score (nSPS) is 17.7. The van der Waals surface area contributed by atoms with Gasteiger partial charge in [-0.2, -0.15) is 0 Å². The maximum Gasteiger partial charge on any atom is 0.274 e. The number of nitrogens with zero attached hydrogens (tertiary/aromatic N) is 4. The van der Waals surface area contributed by atoms with Crippen LogP contribution >= 0.6 is 11.3 Å². The van der Waals surface area contributed by atoms with Crippen LogP contribution in [0.1, 0.15) is 41.8 Å². The van der Waals surface area contributed by atoms with E-state index in [0.717, 1.165) is 16.9 Å². The molecule has 3 heterocycles. The van der Waals surface area contributed by atoms with Crippen molar-refractivity contribution < 1.29 is 19.1 Å². The predicted octanol–water partition coefficient (Wildman–Crippen LogP) is 2.13. The minimum atomic E-state index is -1.27. The molecule has 1 aromatic carbocycles. The smallest absolute Gasteiger partial charge is 0.274 e.